The number of hydrogen-bond acceptors (Lipinski definition) is 3. The standard InChI is InChI=1S/C12H13F3N2O2/c1-8-7-17(4-5-19-8)11(18)9-2-3-10(16-6-9)12(13,14)15/h2-3,6,8H,4-5,7H2,1H3. The van der Waals surface area contributed by atoms with Gasteiger partial charge in [0.25, 0.3) is 5.91 Å². The highest BCUT2D eigenvalue weighted by Crippen LogP contribution is 2.27. The Morgan fingerprint density at radius 3 is 2.74 bits per heavy atom. The Bertz CT molecular complexity index is 459. The SMILES string of the molecule is CC1CN(C(=O)c2ccc(C(F)(F)F)nc2)CCO1. The highest BCUT2D eigenvalue weighted by atomic mass is 19.4. The Kier molecular flexibility index (Phi) is 3.75. The quantitative estimate of drug-likeness (QED) is 0.786. The topological polar surface area (TPSA) is 42.4 Å². The number of carbonyl (C=O) groups is 1. The lowest BCUT2D eigenvalue weighted by Crippen LogP contribution is -2.44. The van der Waals surface area contributed by atoms with E-state index in [4.69, 9.17) is 4.74 Å². The number of rotatable bonds is 1. The average Bonchev–Trinajstić information content (AvgIpc) is 2.37. The fourth-order valence-corrected chi connectivity index (χ4v) is 1.87. The van der Waals surface area contributed by atoms with Crippen LogP contribution in [0.1, 0.15) is 23.0 Å². The molecule has 0 N–H and O–H groups in total. The van der Waals surface area contributed by atoms with E-state index in [1.165, 1.54) is 0 Å². The Morgan fingerprint density at radius 2 is 2.21 bits per heavy atom. The van der Waals surface area contributed by atoms with Gasteiger partial charge in [-0.2, -0.15) is 13.2 Å². The second kappa shape index (κ2) is 5.16. The van der Waals surface area contributed by atoms with Crippen LogP contribution in [0.2, 0.25) is 0 Å². The number of alkyl halides is 3. The molecule has 1 saturated heterocycles. The average molecular weight is 274 g/mol. The molecule has 0 aliphatic carbocycles. The number of halogens is 3. The van der Waals surface area contributed by atoms with Crippen LogP contribution in [0.15, 0.2) is 18.3 Å². The van der Waals surface area contributed by atoms with Gasteiger partial charge in [0, 0.05) is 19.3 Å². The van der Waals surface area contributed by atoms with E-state index < -0.39 is 11.9 Å². The molecule has 0 aromatic carbocycles. The molecule has 1 unspecified atom stereocenters. The summed E-state index contributed by atoms with van der Waals surface area (Å²) in [5.74, 6) is -0.323. The smallest absolute Gasteiger partial charge is 0.375 e. The molecule has 1 amide bonds. The molecule has 1 aromatic rings. The molecule has 4 nitrogen and oxygen atoms in total. The molecule has 2 rings (SSSR count). The maximum atomic E-state index is 12.4. The molecular weight excluding hydrogens is 261 g/mol. The van der Waals surface area contributed by atoms with E-state index in [0.29, 0.717) is 19.7 Å². The molecule has 104 valence electrons. The van der Waals surface area contributed by atoms with E-state index in [2.05, 4.69) is 4.98 Å². The van der Waals surface area contributed by atoms with Gasteiger partial charge in [-0.25, -0.2) is 0 Å². The number of nitrogens with zero attached hydrogens (tertiary/aromatic N) is 2. The molecule has 0 bridgehead atoms. The molecule has 1 fully saturated rings. The number of carbonyl (C=O) groups excluding carboxylic acids is 1. The summed E-state index contributed by atoms with van der Waals surface area (Å²) in [6.45, 7) is 3.13. The summed E-state index contributed by atoms with van der Waals surface area (Å²) >= 11 is 0. The molecule has 1 aliphatic heterocycles. The van der Waals surface area contributed by atoms with E-state index >= 15 is 0 Å². The van der Waals surface area contributed by atoms with Gasteiger partial charge in [-0.3, -0.25) is 9.78 Å². The molecule has 2 heterocycles. The third-order valence-electron chi connectivity index (χ3n) is 2.83. The lowest BCUT2D eigenvalue weighted by atomic mass is 10.2. The lowest BCUT2D eigenvalue weighted by Gasteiger charge is -2.31. The molecule has 19 heavy (non-hydrogen) atoms. The van der Waals surface area contributed by atoms with Crippen molar-refractivity contribution in [2.75, 3.05) is 19.7 Å². The first-order valence-electron chi connectivity index (χ1n) is 5.82. The second-order valence-electron chi connectivity index (χ2n) is 4.36. The Balaban J connectivity index is 2.11. The van der Waals surface area contributed by atoms with Gasteiger partial charge in [-0.05, 0) is 19.1 Å². The van der Waals surface area contributed by atoms with E-state index in [1.54, 1.807) is 4.90 Å². The van der Waals surface area contributed by atoms with Crippen molar-refractivity contribution in [2.45, 2.75) is 19.2 Å². The summed E-state index contributed by atoms with van der Waals surface area (Å²) < 4.78 is 42.4. The Labute approximate surface area is 108 Å². The van der Waals surface area contributed by atoms with Crippen LogP contribution in [0.5, 0.6) is 0 Å². The summed E-state index contributed by atoms with van der Waals surface area (Å²) in [5, 5.41) is 0. The van der Waals surface area contributed by atoms with Gasteiger partial charge in [0.15, 0.2) is 0 Å². The number of hydrogen-bond donors (Lipinski definition) is 0. The predicted molar refractivity (Wildman–Crippen MR) is 60.6 cm³/mol. The fraction of sp³-hybridized carbons (Fsp3) is 0.500. The highest BCUT2D eigenvalue weighted by Gasteiger charge is 2.32. The number of morpholine rings is 1. The largest absolute Gasteiger partial charge is 0.433 e. The van der Waals surface area contributed by atoms with Crippen molar-refractivity contribution < 1.29 is 22.7 Å². The van der Waals surface area contributed by atoms with Crippen molar-refractivity contribution in [1.29, 1.82) is 0 Å². The van der Waals surface area contributed by atoms with Crippen LogP contribution >= 0.6 is 0 Å². The summed E-state index contributed by atoms with van der Waals surface area (Å²) in [7, 11) is 0. The summed E-state index contributed by atoms with van der Waals surface area (Å²) in [6, 6.07) is 1.97. The second-order valence-corrected chi connectivity index (χ2v) is 4.36. The van der Waals surface area contributed by atoms with Crippen LogP contribution in [-0.2, 0) is 10.9 Å². The first-order valence-corrected chi connectivity index (χ1v) is 5.82. The molecule has 0 saturated carbocycles. The van der Waals surface area contributed by atoms with Crippen molar-refractivity contribution in [3.8, 4) is 0 Å². The van der Waals surface area contributed by atoms with Crippen LogP contribution in [0, 0.1) is 0 Å². The zero-order valence-electron chi connectivity index (χ0n) is 10.3. The Hall–Kier alpha value is -1.63. The molecule has 1 aliphatic rings. The van der Waals surface area contributed by atoms with Crippen LogP contribution in [-0.4, -0.2) is 41.6 Å². The third kappa shape index (κ3) is 3.23. The number of ether oxygens (including phenoxy) is 1. The summed E-state index contributed by atoms with van der Waals surface area (Å²) in [4.78, 5) is 16.9. The monoisotopic (exact) mass is 274 g/mol. The van der Waals surface area contributed by atoms with Gasteiger partial charge in [0.05, 0.1) is 18.3 Å². The van der Waals surface area contributed by atoms with Crippen molar-refractivity contribution in [1.82, 2.24) is 9.88 Å². The van der Waals surface area contributed by atoms with Gasteiger partial charge < -0.3 is 9.64 Å². The minimum Gasteiger partial charge on any atom is -0.375 e. The van der Waals surface area contributed by atoms with Crippen LogP contribution in [0.25, 0.3) is 0 Å². The maximum absolute atomic E-state index is 12.4. The van der Waals surface area contributed by atoms with E-state index in [1.807, 2.05) is 6.92 Å². The van der Waals surface area contributed by atoms with Crippen LogP contribution < -0.4 is 0 Å². The lowest BCUT2D eigenvalue weighted by molar-refractivity contribution is -0.141. The van der Waals surface area contributed by atoms with Crippen LogP contribution in [0.3, 0.4) is 0 Å². The van der Waals surface area contributed by atoms with Gasteiger partial charge in [0.2, 0.25) is 0 Å². The minimum atomic E-state index is -4.49. The van der Waals surface area contributed by atoms with Crippen molar-refractivity contribution in [2.24, 2.45) is 0 Å². The van der Waals surface area contributed by atoms with Crippen molar-refractivity contribution in [3.05, 3.63) is 29.6 Å². The van der Waals surface area contributed by atoms with E-state index in [-0.39, 0.29) is 17.6 Å². The fourth-order valence-electron chi connectivity index (χ4n) is 1.87. The van der Waals surface area contributed by atoms with E-state index in [0.717, 1.165) is 18.3 Å². The van der Waals surface area contributed by atoms with E-state index in [9.17, 15) is 18.0 Å². The molecule has 1 aromatic heterocycles. The first-order chi connectivity index (χ1) is 8.88. The summed E-state index contributed by atoms with van der Waals surface area (Å²) in [5.41, 5.74) is -0.846. The van der Waals surface area contributed by atoms with Gasteiger partial charge in [0.1, 0.15) is 5.69 Å². The summed E-state index contributed by atoms with van der Waals surface area (Å²) in [6.07, 6.45) is -3.60. The maximum Gasteiger partial charge on any atom is 0.433 e. The zero-order valence-corrected chi connectivity index (χ0v) is 10.3. The zero-order chi connectivity index (χ0) is 14.0. The normalized spacial score (nSPS) is 20.4. The predicted octanol–water partition coefficient (Wildman–Crippen LogP) is 1.96. The molecule has 0 radical (unpaired) electrons. The van der Waals surface area contributed by atoms with Gasteiger partial charge in [-0.1, -0.05) is 0 Å². The molecule has 0 spiro atoms. The first kappa shape index (κ1) is 13.8. The third-order valence-corrected chi connectivity index (χ3v) is 2.83. The number of aromatic nitrogens is 1. The molecule has 7 heteroatoms. The van der Waals surface area contributed by atoms with Crippen molar-refractivity contribution in [3.63, 3.8) is 0 Å². The van der Waals surface area contributed by atoms with Crippen LogP contribution in [0.4, 0.5) is 13.2 Å². The molecular formula is C12H13F3N2O2. The van der Waals surface area contributed by atoms with Gasteiger partial charge in [-0.15, -0.1) is 0 Å². The number of amides is 1. The minimum absolute atomic E-state index is 0.0693. The van der Waals surface area contributed by atoms with Crippen molar-refractivity contribution >= 4 is 5.91 Å². The Morgan fingerprint density at radius 1 is 1.47 bits per heavy atom. The highest BCUT2D eigenvalue weighted by molar-refractivity contribution is 5.94. The number of pyridine rings is 1. The molecule has 1 atom stereocenters. The van der Waals surface area contributed by atoms with Gasteiger partial charge >= 0.3 is 6.18 Å².